The molecule has 190 valence electrons. The lowest BCUT2D eigenvalue weighted by molar-refractivity contribution is -0.162. The molecule has 0 unspecified atom stereocenters. The molecule has 8 N–H and O–H groups in total. The first-order valence-corrected chi connectivity index (χ1v) is 10.8. The van der Waals surface area contributed by atoms with Crippen LogP contribution in [0.1, 0.15) is 53.4 Å². The number of ether oxygens (including phenoxy) is 2. The minimum absolute atomic E-state index is 0.110. The number of esters is 2. The second-order valence-corrected chi connectivity index (χ2v) is 8.67. The number of hydrogen-bond donors (Lipinski definition) is 6. The van der Waals surface area contributed by atoms with Crippen molar-refractivity contribution < 1.29 is 34.1 Å². The number of hydrogen-bond acceptors (Lipinski definition) is 11. The van der Waals surface area contributed by atoms with Crippen LogP contribution in [0.5, 0.6) is 5.75 Å². The predicted octanol–water partition coefficient (Wildman–Crippen LogP) is 0.803. The summed E-state index contributed by atoms with van der Waals surface area (Å²) >= 11 is 0. The number of carbonyl (C=O) groups excluding carboxylic acids is 3. The van der Waals surface area contributed by atoms with Crippen molar-refractivity contribution in [2.75, 3.05) is 6.79 Å². The molecule has 0 saturated heterocycles. The normalized spacial score (nSPS) is 15.4. The summed E-state index contributed by atoms with van der Waals surface area (Å²) in [5, 5.41) is 20.5. The third kappa shape index (κ3) is 6.21. The fraction of sp³-hybridized carbons (Fsp3) is 0.375. The summed E-state index contributed by atoms with van der Waals surface area (Å²) < 4.78 is 10.1. The number of aliphatic hydroxyl groups excluding tert-OH is 1. The largest absolute Gasteiger partial charge is 0.508 e. The SMILES string of the molecule is Cc1cccc(C)c1C(=O)OCOC(=O)[C@](C)(CC(=O)[C@@](C)(NN)[C@@H](O)c1cccc(O)c1)NN. The highest BCUT2D eigenvalue weighted by molar-refractivity contribution is 5.95. The van der Waals surface area contributed by atoms with Crippen molar-refractivity contribution in [2.24, 2.45) is 11.7 Å². The second-order valence-electron chi connectivity index (χ2n) is 8.67. The highest BCUT2D eigenvalue weighted by Crippen LogP contribution is 2.30. The molecule has 0 aliphatic rings. The van der Waals surface area contributed by atoms with Gasteiger partial charge in [-0.05, 0) is 56.5 Å². The predicted molar refractivity (Wildman–Crippen MR) is 126 cm³/mol. The van der Waals surface area contributed by atoms with Crippen LogP contribution in [0, 0.1) is 13.8 Å². The Labute approximate surface area is 203 Å². The monoisotopic (exact) mass is 488 g/mol. The van der Waals surface area contributed by atoms with Crippen LogP contribution in [0.3, 0.4) is 0 Å². The Kier molecular flexibility index (Phi) is 9.07. The van der Waals surface area contributed by atoms with Gasteiger partial charge in [0.05, 0.1) is 5.56 Å². The third-order valence-corrected chi connectivity index (χ3v) is 5.96. The van der Waals surface area contributed by atoms with E-state index in [1.54, 1.807) is 32.0 Å². The van der Waals surface area contributed by atoms with E-state index < -0.39 is 48.1 Å². The molecule has 2 aromatic carbocycles. The third-order valence-electron chi connectivity index (χ3n) is 5.96. The zero-order chi connectivity index (χ0) is 26.4. The van der Waals surface area contributed by atoms with Gasteiger partial charge >= 0.3 is 11.9 Å². The van der Waals surface area contributed by atoms with E-state index in [1.807, 2.05) is 0 Å². The number of nitrogens with two attached hydrogens (primary N) is 2. The maximum atomic E-state index is 13.2. The summed E-state index contributed by atoms with van der Waals surface area (Å²) in [5.41, 5.74) is 3.07. The van der Waals surface area contributed by atoms with E-state index in [1.165, 1.54) is 38.1 Å². The number of aryl methyl sites for hydroxylation is 2. The number of Topliss-reactive ketones (excluding diaryl/α,β-unsaturated/α-hetero) is 1. The van der Waals surface area contributed by atoms with Crippen molar-refractivity contribution in [2.45, 2.75) is 51.3 Å². The van der Waals surface area contributed by atoms with Gasteiger partial charge in [-0.3, -0.25) is 16.5 Å². The van der Waals surface area contributed by atoms with Gasteiger partial charge in [0.1, 0.15) is 22.9 Å². The molecular formula is C24H32N4O7. The Bertz CT molecular complexity index is 1070. The van der Waals surface area contributed by atoms with Gasteiger partial charge in [0.25, 0.3) is 0 Å². The highest BCUT2D eigenvalue weighted by atomic mass is 16.7. The minimum Gasteiger partial charge on any atom is -0.508 e. The van der Waals surface area contributed by atoms with Crippen LogP contribution in [0.4, 0.5) is 0 Å². The molecule has 2 aromatic rings. The summed E-state index contributed by atoms with van der Waals surface area (Å²) in [5.74, 6) is 8.73. The average Bonchev–Trinajstić information content (AvgIpc) is 2.82. The maximum Gasteiger partial charge on any atom is 0.341 e. The van der Waals surface area contributed by atoms with E-state index >= 15 is 0 Å². The number of phenols is 1. The molecule has 0 radical (unpaired) electrons. The fourth-order valence-corrected chi connectivity index (χ4v) is 3.53. The van der Waals surface area contributed by atoms with E-state index in [9.17, 15) is 24.6 Å². The number of hydrazine groups is 2. The molecular weight excluding hydrogens is 456 g/mol. The number of aromatic hydroxyl groups is 1. The first-order valence-electron chi connectivity index (χ1n) is 10.8. The van der Waals surface area contributed by atoms with Crippen LogP contribution in [0.15, 0.2) is 42.5 Å². The topological polar surface area (TPSA) is 186 Å². The number of rotatable bonds is 11. The van der Waals surface area contributed by atoms with E-state index in [-0.39, 0.29) is 11.3 Å². The lowest BCUT2D eigenvalue weighted by atomic mass is 9.80. The molecule has 0 aliphatic heterocycles. The van der Waals surface area contributed by atoms with Crippen LogP contribution in [-0.2, 0) is 19.1 Å². The van der Waals surface area contributed by atoms with Gasteiger partial charge in [-0.25, -0.2) is 20.4 Å². The molecule has 0 fully saturated rings. The number of benzene rings is 2. The number of aliphatic hydroxyl groups is 1. The van der Waals surface area contributed by atoms with Crippen molar-refractivity contribution in [1.82, 2.24) is 10.9 Å². The van der Waals surface area contributed by atoms with Gasteiger partial charge < -0.3 is 19.7 Å². The zero-order valence-corrected chi connectivity index (χ0v) is 20.1. The smallest absolute Gasteiger partial charge is 0.341 e. The van der Waals surface area contributed by atoms with Crippen molar-refractivity contribution in [3.63, 3.8) is 0 Å². The molecule has 0 amide bonds. The van der Waals surface area contributed by atoms with Gasteiger partial charge in [-0.2, -0.15) is 0 Å². The first-order chi connectivity index (χ1) is 16.4. The molecule has 2 rings (SSSR count). The van der Waals surface area contributed by atoms with Crippen LogP contribution < -0.4 is 22.5 Å². The Balaban J connectivity index is 2.09. The Morgan fingerprint density at radius 2 is 1.60 bits per heavy atom. The lowest BCUT2D eigenvalue weighted by Crippen LogP contribution is -2.62. The van der Waals surface area contributed by atoms with Gasteiger partial charge in [0.2, 0.25) is 6.79 Å². The second kappa shape index (κ2) is 11.4. The number of carbonyl (C=O) groups is 3. The average molecular weight is 489 g/mol. The zero-order valence-electron chi connectivity index (χ0n) is 20.1. The van der Waals surface area contributed by atoms with Gasteiger partial charge in [0.15, 0.2) is 5.78 Å². The van der Waals surface area contributed by atoms with E-state index in [2.05, 4.69) is 10.9 Å². The molecule has 11 heteroatoms. The van der Waals surface area contributed by atoms with Crippen molar-refractivity contribution in [1.29, 1.82) is 0 Å². The van der Waals surface area contributed by atoms with Crippen molar-refractivity contribution in [3.8, 4) is 5.75 Å². The van der Waals surface area contributed by atoms with Crippen LogP contribution in [-0.4, -0.2) is 45.8 Å². The molecule has 0 saturated carbocycles. The lowest BCUT2D eigenvalue weighted by Gasteiger charge is -2.35. The summed E-state index contributed by atoms with van der Waals surface area (Å²) in [6.45, 7) is 5.47. The first kappa shape index (κ1) is 27.9. The fourth-order valence-electron chi connectivity index (χ4n) is 3.53. The highest BCUT2D eigenvalue weighted by Gasteiger charge is 2.46. The van der Waals surface area contributed by atoms with E-state index in [4.69, 9.17) is 21.2 Å². The molecule has 0 aliphatic carbocycles. The van der Waals surface area contributed by atoms with E-state index in [0.717, 1.165) is 0 Å². The Morgan fingerprint density at radius 3 is 2.14 bits per heavy atom. The van der Waals surface area contributed by atoms with Crippen LogP contribution >= 0.6 is 0 Å². The molecule has 11 nitrogen and oxygen atoms in total. The van der Waals surface area contributed by atoms with Crippen LogP contribution in [0.25, 0.3) is 0 Å². The standard InChI is InChI=1S/C24H32N4O7/c1-14-7-5-8-15(2)19(14)21(32)34-13-35-22(33)23(3,27-25)12-18(30)24(4,28-26)20(31)16-9-6-10-17(29)11-16/h5-11,20,27-29,31H,12-13,25-26H2,1-4H3/t20-,23-,24+/m0/s1. The Morgan fingerprint density at radius 1 is 1.00 bits per heavy atom. The van der Waals surface area contributed by atoms with E-state index in [0.29, 0.717) is 16.7 Å². The summed E-state index contributed by atoms with van der Waals surface area (Å²) in [6, 6.07) is 11.0. The molecule has 0 aromatic heterocycles. The quantitative estimate of drug-likeness (QED) is 0.114. The molecule has 0 heterocycles. The Hall–Kier alpha value is -3.35. The van der Waals surface area contributed by atoms with Gasteiger partial charge in [-0.1, -0.05) is 30.3 Å². The molecule has 35 heavy (non-hydrogen) atoms. The van der Waals surface area contributed by atoms with Crippen LogP contribution in [0.2, 0.25) is 0 Å². The van der Waals surface area contributed by atoms with Gasteiger partial charge in [-0.15, -0.1) is 0 Å². The van der Waals surface area contributed by atoms with Crippen molar-refractivity contribution >= 4 is 17.7 Å². The number of ketones is 1. The van der Waals surface area contributed by atoms with Gasteiger partial charge in [0, 0.05) is 6.42 Å². The summed E-state index contributed by atoms with van der Waals surface area (Å²) in [4.78, 5) is 38.3. The summed E-state index contributed by atoms with van der Waals surface area (Å²) in [7, 11) is 0. The van der Waals surface area contributed by atoms with Crippen molar-refractivity contribution in [3.05, 3.63) is 64.7 Å². The number of phenolic OH excluding ortho intramolecular Hbond substituents is 1. The minimum atomic E-state index is -1.75. The molecule has 3 atom stereocenters. The number of nitrogens with one attached hydrogen (secondary N) is 2. The molecule has 0 bridgehead atoms. The maximum absolute atomic E-state index is 13.2. The summed E-state index contributed by atoms with van der Waals surface area (Å²) in [6.07, 6.45) is -2.01. The molecule has 0 spiro atoms.